The quantitative estimate of drug-likeness (QED) is 0.725. The van der Waals surface area contributed by atoms with Crippen molar-refractivity contribution in [2.24, 2.45) is 5.92 Å². The Morgan fingerprint density at radius 1 is 1.28 bits per heavy atom. The van der Waals surface area contributed by atoms with Gasteiger partial charge in [-0.3, -0.25) is 0 Å². The van der Waals surface area contributed by atoms with Crippen LogP contribution in [0.15, 0.2) is 0 Å². The van der Waals surface area contributed by atoms with Crippen LogP contribution >= 0.6 is 0 Å². The summed E-state index contributed by atoms with van der Waals surface area (Å²) in [6.07, 6.45) is 6.01. The standard InChI is InChI=1S/C15H31NO2/c1-5-11-16-14(12-17-4)15(18-6-2)9-7-13(3)8-10-15/h13-14,16H,5-12H2,1-4H3. The molecule has 1 N–H and O–H groups in total. The van der Waals surface area contributed by atoms with Crippen molar-refractivity contribution in [2.75, 3.05) is 26.9 Å². The fourth-order valence-electron chi connectivity index (χ4n) is 3.01. The number of ether oxygens (including phenoxy) is 2. The Morgan fingerprint density at radius 3 is 2.44 bits per heavy atom. The smallest absolute Gasteiger partial charge is 0.0857 e. The van der Waals surface area contributed by atoms with Crippen molar-refractivity contribution >= 4 is 0 Å². The first-order valence-corrected chi connectivity index (χ1v) is 7.54. The molecule has 1 fully saturated rings. The molecule has 1 aliphatic rings. The van der Waals surface area contributed by atoms with E-state index in [2.05, 4.69) is 26.1 Å². The molecule has 0 bridgehead atoms. The summed E-state index contributed by atoms with van der Waals surface area (Å²) in [6.45, 7) is 9.23. The predicted octanol–water partition coefficient (Wildman–Crippen LogP) is 2.99. The van der Waals surface area contributed by atoms with Crippen molar-refractivity contribution in [1.82, 2.24) is 5.32 Å². The van der Waals surface area contributed by atoms with Crippen LogP contribution < -0.4 is 5.32 Å². The maximum absolute atomic E-state index is 6.19. The lowest BCUT2D eigenvalue weighted by Crippen LogP contribution is -2.56. The Balaban J connectivity index is 2.71. The van der Waals surface area contributed by atoms with Crippen molar-refractivity contribution < 1.29 is 9.47 Å². The van der Waals surface area contributed by atoms with Crippen LogP contribution in [0.3, 0.4) is 0 Å². The Hall–Kier alpha value is -0.120. The average molecular weight is 257 g/mol. The molecule has 0 amide bonds. The fraction of sp³-hybridized carbons (Fsp3) is 1.00. The minimum absolute atomic E-state index is 0.00750. The number of nitrogens with one attached hydrogen (secondary N) is 1. The van der Waals surface area contributed by atoms with Crippen molar-refractivity contribution in [3.8, 4) is 0 Å². The van der Waals surface area contributed by atoms with Gasteiger partial charge in [0.2, 0.25) is 0 Å². The SMILES string of the molecule is CCCNC(COC)C1(OCC)CCC(C)CC1. The van der Waals surface area contributed by atoms with Gasteiger partial charge in [-0.05, 0) is 51.5 Å². The summed E-state index contributed by atoms with van der Waals surface area (Å²) >= 11 is 0. The minimum Gasteiger partial charge on any atom is -0.383 e. The van der Waals surface area contributed by atoms with Gasteiger partial charge in [-0.15, -0.1) is 0 Å². The lowest BCUT2D eigenvalue weighted by molar-refractivity contribution is -0.108. The monoisotopic (exact) mass is 257 g/mol. The largest absolute Gasteiger partial charge is 0.383 e. The van der Waals surface area contributed by atoms with Gasteiger partial charge < -0.3 is 14.8 Å². The van der Waals surface area contributed by atoms with E-state index in [1.165, 1.54) is 12.8 Å². The molecular formula is C15H31NO2. The Bertz CT molecular complexity index is 213. The van der Waals surface area contributed by atoms with Crippen molar-refractivity contribution in [3.63, 3.8) is 0 Å². The minimum atomic E-state index is -0.00750. The molecule has 3 nitrogen and oxygen atoms in total. The van der Waals surface area contributed by atoms with Gasteiger partial charge in [0.05, 0.1) is 18.2 Å². The van der Waals surface area contributed by atoms with Gasteiger partial charge >= 0.3 is 0 Å². The Morgan fingerprint density at radius 2 is 1.94 bits per heavy atom. The third kappa shape index (κ3) is 4.22. The van der Waals surface area contributed by atoms with E-state index in [1.807, 2.05) is 0 Å². The molecule has 1 rings (SSSR count). The molecule has 108 valence electrons. The molecule has 3 heteroatoms. The zero-order chi connectivity index (χ0) is 13.4. The summed E-state index contributed by atoms with van der Waals surface area (Å²) < 4.78 is 11.6. The Kier molecular flexibility index (Phi) is 7.20. The van der Waals surface area contributed by atoms with Gasteiger partial charge in [-0.2, -0.15) is 0 Å². The number of methoxy groups -OCH3 is 1. The number of hydrogen-bond donors (Lipinski definition) is 1. The van der Waals surface area contributed by atoms with E-state index in [4.69, 9.17) is 9.47 Å². The van der Waals surface area contributed by atoms with Gasteiger partial charge in [0, 0.05) is 13.7 Å². The molecule has 1 saturated carbocycles. The van der Waals surface area contributed by atoms with Gasteiger partial charge in [0.15, 0.2) is 0 Å². The molecule has 0 spiro atoms. The summed E-state index contributed by atoms with van der Waals surface area (Å²) in [7, 11) is 1.78. The Labute approximate surface area is 113 Å². The van der Waals surface area contributed by atoms with Crippen LogP contribution in [0.4, 0.5) is 0 Å². The first-order valence-electron chi connectivity index (χ1n) is 7.54. The summed E-state index contributed by atoms with van der Waals surface area (Å²) in [6, 6.07) is 0.329. The molecule has 0 aliphatic heterocycles. The number of rotatable bonds is 8. The van der Waals surface area contributed by atoms with Gasteiger partial charge in [0.1, 0.15) is 0 Å². The van der Waals surface area contributed by atoms with Crippen molar-refractivity contribution in [3.05, 3.63) is 0 Å². The molecule has 1 aliphatic carbocycles. The van der Waals surface area contributed by atoms with E-state index >= 15 is 0 Å². The van der Waals surface area contributed by atoms with Crippen LogP contribution in [0, 0.1) is 5.92 Å². The second kappa shape index (κ2) is 8.13. The van der Waals surface area contributed by atoms with Crippen LogP contribution in [-0.4, -0.2) is 38.5 Å². The second-order valence-corrected chi connectivity index (χ2v) is 5.64. The van der Waals surface area contributed by atoms with E-state index in [0.29, 0.717) is 6.04 Å². The third-order valence-electron chi connectivity index (χ3n) is 4.16. The van der Waals surface area contributed by atoms with E-state index < -0.39 is 0 Å². The van der Waals surface area contributed by atoms with E-state index in [9.17, 15) is 0 Å². The molecule has 0 saturated heterocycles. The molecular weight excluding hydrogens is 226 g/mol. The molecule has 0 radical (unpaired) electrons. The highest BCUT2D eigenvalue weighted by Gasteiger charge is 2.41. The van der Waals surface area contributed by atoms with E-state index in [-0.39, 0.29) is 5.60 Å². The first kappa shape index (κ1) is 15.9. The summed E-state index contributed by atoms with van der Waals surface area (Å²) in [5, 5.41) is 3.63. The van der Waals surface area contributed by atoms with Crippen molar-refractivity contribution in [2.45, 2.75) is 64.5 Å². The van der Waals surface area contributed by atoms with Crippen LogP contribution in [0.1, 0.15) is 52.9 Å². The van der Waals surface area contributed by atoms with Crippen LogP contribution in [0.25, 0.3) is 0 Å². The van der Waals surface area contributed by atoms with Crippen molar-refractivity contribution in [1.29, 1.82) is 0 Å². The predicted molar refractivity (Wildman–Crippen MR) is 75.9 cm³/mol. The summed E-state index contributed by atoms with van der Waals surface area (Å²) in [5.74, 6) is 0.841. The molecule has 0 aromatic carbocycles. The molecule has 18 heavy (non-hydrogen) atoms. The normalized spacial score (nSPS) is 30.3. The van der Waals surface area contributed by atoms with Crippen LogP contribution in [0.2, 0.25) is 0 Å². The summed E-state index contributed by atoms with van der Waals surface area (Å²) in [4.78, 5) is 0. The maximum atomic E-state index is 6.19. The first-order chi connectivity index (χ1) is 8.68. The van der Waals surface area contributed by atoms with Crippen LogP contribution in [-0.2, 0) is 9.47 Å². The highest BCUT2D eigenvalue weighted by molar-refractivity contribution is 4.96. The molecule has 0 heterocycles. The second-order valence-electron chi connectivity index (χ2n) is 5.64. The lowest BCUT2D eigenvalue weighted by Gasteiger charge is -2.45. The lowest BCUT2D eigenvalue weighted by atomic mass is 9.75. The maximum Gasteiger partial charge on any atom is 0.0857 e. The van der Waals surface area contributed by atoms with Gasteiger partial charge in [-0.1, -0.05) is 13.8 Å². The fourth-order valence-corrected chi connectivity index (χ4v) is 3.01. The highest BCUT2D eigenvalue weighted by Crippen LogP contribution is 2.37. The molecule has 0 aromatic heterocycles. The topological polar surface area (TPSA) is 30.5 Å². The van der Waals surface area contributed by atoms with Gasteiger partial charge in [0.25, 0.3) is 0 Å². The summed E-state index contributed by atoms with van der Waals surface area (Å²) in [5.41, 5.74) is -0.00750. The zero-order valence-electron chi connectivity index (χ0n) is 12.6. The highest BCUT2D eigenvalue weighted by atomic mass is 16.5. The third-order valence-corrected chi connectivity index (χ3v) is 4.16. The average Bonchev–Trinajstić information content (AvgIpc) is 2.38. The molecule has 1 atom stereocenters. The van der Waals surface area contributed by atoms with Gasteiger partial charge in [-0.25, -0.2) is 0 Å². The number of hydrogen-bond acceptors (Lipinski definition) is 3. The van der Waals surface area contributed by atoms with E-state index in [1.54, 1.807) is 7.11 Å². The van der Waals surface area contributed by atoms with E-state index in [0.717, 1.165) is 44.9 Å². The molecule has 1 unspecified atom stereocenters. The zero-order valence-corrected chi connectivity index (χ0v) is 12.6. The van der Waals surface area contributed by atoms with Crippen LogP contribution in [0.5, 0.6) is 0 Å². The molecule has 0 aromatic rings.